The first-order chi connectivity index (χ1) is 14.2. The lowest BCUT2D eigenvalue weighted by atomic mass is 10.1. The number of anilines is 1. The number of thiazole rings is 1. The van der Waals surface area contributed by atoms with Gasteiger partial charge in [-0.25, -0.2) is 9.97 Å². The Morgan fingerprint density at radius 3 is 2.52 bits per heavy atom. The monoisotopic (exact) mass is 406 g/mol. The molecule has 1 aliphatic heterocycles. The van der Waals surface area contributed by atoms with Crippen LogP contribution in [0.4, 0.5) is 5.82 Å². The minimum atomic E-state index is 0.243. The maximum Gasteiger partial charge on any atom is 0.223 e. The number of hydrogen-bond donors (Lipinski definition) is 0. The SMILES string of the molecule is CCc1csc(-c2ccc(N3CCN(C(=O)CCc4ccccc4)CC3)nc2)n1. The molecule has 1 aromatic carbocycles. The van der Waals surface area contributed by atoms with E-state index in [1.807, 2.05) is 29.3 Å². The summed E-state index contributed by atoms with van der Waals surface area (Å²) < 4.78 is 0. The Hall–Kier alpha value is -2.73. The Labute approximate surface area is 176 Å². The molecule has 29 heavy (non-hydrogen) atoms. The molecule has 1 aliphatic rings. The number of benzene rings is 1. The van der Waals surface area contributed by atoms with Crippen molar-refractivity contribution in [3.05, 3.63) is 65.3 Å². The molecule has 1 fully saturated rings. The van der Waals surface area contributed by atoms with Gasteiger partial charge in [-0.05, 0) is 30.5 Å². The van der Waals surface area contributed by atoms with E-state index in [1.54, 1.807) is 11.3 Å². The van der Waals surface area contributed by atoms with E-state index in [1.165, 1.54) is 5.56 Å². The van der Waals surface area contributed by atoms with Crippen LogP contribution in [0, 0.1) is 0 Å². The molecule has 1 amide bonds. The summed E-state index contributed by atoms with van der Waals surface area (Å²) in [5.41, 5.74) is 3.41. The summed E-state index contributed by atoms with van der Waals surface area (Å²) >= 11 is 1.67. The van der Waals surface area contributed by atoms with Gasteiger partial charge in [-0.1, -0.05) is 37.3 Å². The largest absolute Gasteiger partial charge is 0.353 e. The van der Waals surface area contributed by atoms with Gasteiger partial charge in [-0.15, -0.1) is 11.3 Å². The van der Waals surface area contributed by atoms with E-state index in [9.17, 15) is 4.79 Å². The van der Waals surface area contributed by atoms with Gasteiger partial charge < -0.3 is 9.80 Å². The Balaban J connectivity index is 1.29. The van der Waals surface area contributed by atoms with Gasteiger partial charge >= 0.3 is 0 Å². The van der Waals surface area contributed by atoms with Crippen LogP contribution < -0.4 is 4.90 Å². The number of pyridine rings is 1. The molecule has 150 valence electrons. The van der Waals surface area contributed by atoms with Crippen molar-refractivity contribution in [3.8, 4) is 10.6 Å². The summed E-state index contributed by atoms with van der Waals surface area (Å²) in [5.74, 6) is 1.21. The van der Waals surface area contributed by atoms with Crippen molar-refractivity contribution >= 4 is 23.1 Å². The summed E-state index contributed by atoms with van der Waals surface area (Å²) in [5, 5.41) is 3.13. The lowest BCUT2D eigenvalue weighted by Crippen LogP contribution is -2.49. The van der Waals surface area contributed by atoms with E-state index in [0.717, 1.165) is 61.1 Å². The van der Waals surface area contributed by atoms with Crippen LogP contribution in [0.1, 0.15) is 24.6 Å². The van der Waals surface area contributed by atoms with Gasteiger partial charge in [-0.3, -0.25) is 4.79 Å². The number of piperazine rings is 1. The molecule has 0 atom stereocenters. The van der Waals surface area contributed by atoms with Crippen molar-refractivity contribution in [1.29, 1.82) is 0 Å². The number of aromatic nitrogens is 2. The number of carbonyl (C=O) groups is 1. The standard InChI is InChI=1S/C23H26N4OS/c1-2-20-17-29-23(25-20)19-9-10-21(24-16-19)26-12-14-27(15-13-26)22(28)11-8-18-6-4-3-5-7-18/h3-7,9-10,16-17H,2,8,11-15H2,1H3. The highest BCUT2D eigenvalue weighted by molar-refractivity contribution is 7.13. The maximum atomic E-state index is 12.5. The Morgan fingerprint density at radius 1 is 1.07 bits per heavy atom. The molecule has 6 heteroatoms. The molecule has 0 unspecified atom stereocenters. The summed E-state index contributed by atoms with van der Waals surface area (Å²) in [6, 6.07) is 14.4. The zero-order valence-electron chi connectivity index (χ0n) is 16.8. The summed E-state index contributed by atoms with van der Waals surface area (Å²) in [4.78, 5) is 26.0. The zero-order chi connectivity index (χ0) is 20.1. The molecule has 0 spiro atoms. The molecule has 4 rings (SSSR count). The molecule has 0 radical (unpaired) electrons. The Bertz CT molecular complexity index is 931. The Morgan fingerprint density at radius 2 is 1.86 bits per heavy atom. The van der Waals surface area contributed by atoms with Crippen molar-refractivity contribution < 1.29 is 4.79 Å². The van der Waals surface area contributed by atoms with Crippen molar-refractivity contribution in [2.24, 2.45) is 0 Å². The van der Waals surface area contributed by atoms with Crippen LogP contribution in [0.25, 0.3) is 10.6 Å². The van der Waals surface area contributed by atoms with Crippen LogP contribution in [0.2, 0.25) is 0 Å². The van der Waals surface area contributed by atoms with Gasteiger partial charge in [0.05, 0.1) is 5.69 Å². The van der Waals surface area contributed by atoms with Gasteiger partial charge in [0.2, 0.25) is 5.91 Å². The fraction of sp³-hybridized carbons (Fsp3) is 0.348. The number of amides is 1. The third kappa shape index (κ3) is 4.82. The second-order valence-electron chi connectivity index (χ2n) is 7.26. The number of carbonyl (C=O) groups excluding carboxylic acids is 1. The van der Waals surface area contributed by atoms with E-state index < -0.39 is 0 Å². The van der Waals surface area contributed by atoms with E-state index in [4.69, 9.17) is 0 Å². The highest BCUT2D eigenvalue weighted by atomic mass is 32.1. The first-order valence-corrected chi connectivity index (χ1v) is 11.1. The molecule has 0 bridgehead atoms. The highest BCUT2D eigenvalue weighted by Gasteiger charge is 2.21. The van der Waals surface area contributed by atoms with Crippen molar-refractivity contribution in [2.45, 2.75) is 26.2 Å². The average Bonchev–Trinajstić information content (AvgIpc) is 3.28. The van der Waals surface area contributed by atoms with Gasteiger partial charge in [0.1, 0.15) is 10.8 Å². The van der Waals surface area contributed by atoms with Gasteiger partial charge in [0.15, 0.2) is 0 Å². The van der Waals surface area contributed by atoms with Gasteiger partial charge in [0, 0.05) is 49.7 Å². The molecule has 2 aromatic heterocycles. The highest BCUT2D eigenvalue weighted by Crippen LogP contribution is 2.25. The summed E-state index contributed by atoms with van der Waals surface area (Å²) in [6.45, 7) is 5.26. The minimum Gasteiger partial charge on any atom is -0.353 e. The molecule has 0 aliphatic carbocycles. The fourth-order valence-electron chi connectivity index (χ4n) is 3.54. The van der Waals surface area contributed by atoms with Crippen molar-refractivity contribution in [3.63, 3.8) is 0 Å². The topological polar surface area (TPSA) is 49.3 Å². The van der Waals surface area contributed by atoms with Crippen molar-refractivity contribution in [1.82, 2.24) is 14.9 Å². The average molecular weight is 407 g/mol. The van der Waals surface area contributed by atoms with Gasteiger partial charge in [0.25, 0.3) is 0 Å². The van der Waals surface area contributed by atoms with Crippen LogP contribution in [0.5, 0.6) is 0 Å². The summed E-state index contributed by atoms with van der Waals surface area (Å²) in [6.07, 6.45) is 4.24. The normalized spacial score (nSPS) is 14.2. The van der Waals surface area contributed by atoms with Crippen molar-refractivity contribution in [2.75, 3.05) is 31.1 Å². The fourth-order valence-corrected chi connectivity index (χ4v) is 4.43. The molecule has 5 nitrogen and oxygen atoms in total. The lowest BCUT2D eigenvalue weighted by Gasteiger charge is -2.35. The second kappa shape index (κ2) is 9.18. The smallest absolute Gasteiger partial charge is 0.223 e. The van der Waals surface area contributed by atoms with Crippen LogP contribution in [0.3, 0.4) is 0 Å². The predicted octanol–water partition coefficient (Wildman–Crippen LogP) is 4.05. The van der Waals surface area contributed by atoms with Crippen LogP contribution >= 0.6 is 11.3 Å². The van der Waals surface area contributed by atoms with Gasteiger partial charge in [-0.2, -0.15) is 0 Å². The molecular weight excluding hydrogens is 380 g/mol. The van der Waals surface area contributed by atoms with E-state index >= 15 is 0 Å². The number of aryl methyl sites for hydroxylation is 2. The third-order valence-corrected chi connectivity index (χ3v) is 6.28. The molecule has 0 N–H and O–H groups in total. The number of rotatable bonds is 6. The lowest BCUT2D eigenvalue weighted by molar-refractivity contribution is -0.131. The first kappa shape index (κ1) is 19.6. The minimum absolute atomic E-state index is 0.243. The quantitative estimate of drug-likeness (QED) is 0.620. The summed E-state index contributed by atoms with van der Waals surface area (Å²) in [7, 11) is 0. The molecule has 0 saturated carbocycles. The van der Waals surface area contributed by atoms with E-state index in [0.29, 0.717) is 6.42 Å². The maximum absolute atomic E-state index is 12.5. The van der Waals surface area contributed by atoms with E-state index in [-0.39, 0.29) is 5.91 Å². The second-order valence-corrected chi connectivity index (χ2v) is 8.11. The Kier molecular flexibility index (Phi) is 6.20. The van der Waals surface area contributed by atoms with Crippen LogP contribution in [0.15, 0.2) is 54.0 Å². The predicted molar refractivity (Wildman–Crippen MR) is 118 cm³/mol. The molecule has 3 heterocycles. The molecular formula is C23H26N4OS. The number of nitrogens with zero attached hydrogens (tertiary/aromatic N) is 4. The number of hydrogen-bond acceptors (Lipinski definition) is 5. The molecule has 3 aromatic rings. The van der Waals surface area contributed by atoms with E-state index in [2.05, 4.69) is 51.4 Å². The third-order valence-electron chi connectivity index (χ3n) is 5.34. The van der Waals surface area contributed by atoms with Crippen LogP contribution in [-0.2, 0) is 17.6 Å². The van der Waals surface area contributed by atoms with Crippen LogP contribution in [-0.4, -0.2) is 47.0 Å². The molecule has 1 saturated heterocycles. The zero-order valence-corrected chi connectivity index (χ0v) is 17.6. The first-order valence-electron chi connectivity index (χ1n) is 10.2.